The van der Waals surface area contributed by atoms with Gasteiger partial charge in [0.25, 0.3) is 0 Å². The molecule has 0 saturated carbocycles. The summed E-state index contributed by atoms with van der Waals surface area (Å²) in [5.41, 5.74) is 0. The zero-order chi connectivity index (χ0) is 17.7. The van der Waals surface area contributed by atoms with Crippen molar-refractivity contribution in [2.75, 3.05) is 20.1 Å². The molecular weight excluding hydrogens is 326 g/mol. The van der Waals surface area contributed by atoms with E-state index >= 15 is 0 Å². The zero-order valence-corrected chi connectivity index (χ0v) is 18.8. The van der Waals surface area contributed by atoms with Crippen LogP contribution in [-0.4, -0.2) is 20.1 Å². The molecule has 0 bridgehead atoms. The van der Waals surface area contributed by atoms with Gasteiger partial charge in [0.1, 0.15) is 0 Å². The minimum Gasteiger partial charge on any atom is -1.00 e. The third-order valence-corrected chi connectivity index (χ3v) is 5.41. The van der Waals surface area contributed by atoms with Crippen LogP contribution in [0.2, 0.25) is 0 Å². The van der Waals surface area contributed by atoms with Gasteiger partial charge in [0.2, 0.25) is 0 Å². The van der Waals surface area contributed by atoms with Crippen molar-refractivity contribution in [2.24, 2.45) is 0 Å². The number of quaternary nitrogens is 1. The summed E-state index contributed by atoms with van der Waals surface area (Å²) in [5.74, 6) is 0. The Bertz CT molecular complexity index is 220. The van der Waals surface area contributed by atoms with Crippen LogP contribution in [0.15, 0.2) is 0 Å². The molecule has 25 heavy (non-hydrogen) atoms. The second-order valence-electron chi connectivity index (χ2n) is 8.11. The van der Waals surface area contributed by atoms with Crippen LogP contribution in [0.5, 0.6) is 0 Å². The molecule has 0 rings (SSSR count). The predicted octanol–water partition coefficient (Wildman–Crippen LogP) is 3.57. The van der Waals surface area contributed by atoms with Gasteiger partial charge in [-0.05, 0) is 19.3 Å². The van der Waals surface area contributed by atoms with E-state index in [2.05, 4.69) is 20.9 Å². The Morgan fingerprint density at radius 3 is 1.04 bits per heavy atom. The van der Waals surface area contributed by atoms with Crippen molar-refractivity contribution in [3.63, 3.8) is 0 Å². The highest BCUT2D eigenvalue weighted by Crippen LogP contribution is 2.13. The quantitative estimate of drug-likeness (QED) is 0.310. The van der Waals surface area contributed by atoms with Gasteiger partial charge in [-0.3, -0.25) is 0 Å². The molecule has 0 saturated heterocycles. The van der Waals surface area contributed by atoms with E-state index in [1.165, 1.54) is 129 Å². The van der Waals surface area contributed by atoms with E-state index in [9.17, 15) is 0 Å². The van der Waals surface area contributed by atoms with Crippen LogP contribution in [0.1, 0.15) is 129 Å². The normalized spacial score (nSPS) is 12.1. The Kier molecular flexibility index (Phi) is 26.6. The summed E-state index contributed by atoms with van der Waals surface area (Å²) in [6, 6.07) is 0. The minimum atomic E-state index is 0. The summed E-state index contributed by atoms with van der Waals surface area (Å²) in [7, 11) is 2.36. The van der Waals surface area contributed by atoms with Crippen molar-refractivity contribution in [1.82, 2.24) is 0 Å². The van der Waals surface area contributed by atoms with Gasteiger partial charge in [-0.15, -0.1) is 0 Å². The highest BCUT2D eigenvalue weighted by atomic mass is 35.5. The van der Waals surface area contributed by atoms with Gasteiger partial charge in [0, 0.05) is 0 Å². The number of nitrogens with one attached hydrogen (secondary N) is 1. The second-order valence-corrected chi connectivity index (χ2v) is 8.11. The van der Waals surface area contributed by atoms with Crippen LogP contribution >= 0.6 is 0 Å². The SMILES string of the molecule is CCCCCCCCCCCCCCCCCC[NH+](C)CCCC.[Cl-]. The maximum absolute atomic E-state index is 2.36. The first kappa shape index (κ1) is 27.5. The topological polar surface area (TPSA) is 4.44 Å². The van der Waals surface area contributed by atoms with Gasteiger partial charge in [0.15, 0.2) is 0 Å². The summed E-state index contributed by atoms with van der Waals surface area (Å²) < 4.78 is 0. The predicted molar refractivity (Wildman–Crippen MR) is 111 cm³/mol. The van der Waals surface area contributed by atoms with Crippen molar-refractivity contribution < 1.29 is 17.3 Å². The maximum Gasteiger partial charge on any atom is 0.0768 e. The smallest absolute Gasteiger partial charge is 0.0768 e. The number of hydrogen-bond donors (Lipinski definition) is 1. The second kappa shape index (κ2) is 24.2. The number of unbranched alkanes of at least 4 members (excludes halogenated alkanes) is 16. The summed E-state index contributed by atoms with van der Waals surface area (Å²) in [6.45, 7) is 7.35. The highest BCUT2D eigenvalue weighted by Gasteiger charge is 2.00. The molecule has 0 spiro atoms. The Labute approximate surface area is 167 Å². The lowest BCUT2D eigenvalue weighted by Gasteiger charge is -2.13. The molecule has 0 aromatic carbocycles. The largest absolute Gasteiger partial charge is 1.00 e. The Balaban J connectivity index is 0. The summed E-state index contributed by atoms with van der Waals surface area (Å²) in [6.07, 6.45) is 26.2. The molecule has 0 aromatic heterocycles. The Hall–Kier alpha value is 0.250. The standard InChI is InChI=1S/C23H49N.ClH/c1-4-6-8-9-10-11-12-13-14-15-16-17-18-19-20-21-23-24(3)22-7-5-2;/h4-23H2,1-3H3;1H. The van der Waals surface area contributed by atoms with Crippen molar-refractivity contribution in [3.05, 3.63) is 0 Å². The molecule has 154 valence electrons. The molecule has 0 aliphatic heterocycles. The average molecular weight is 376 g/mol. The molecule has 1 nitrogen and oxygen atoms in total. The summed E-state index contributed by atoms with van der Waals surface area (Å²) in [5, 5.41) is 0. The van der Waals surface area contributed by atoms with Gasteiger partial charge in [0.05, 0.1) is 20.1 Å². The van der Waals surface area contributed by atoms with Gasteiger partial charge in [-0.1, -0.05) is 110 Å². The van der Waals surface area contributed by atoms with Crippen LogP contribution in [0.4, 0.5) is 0 Å². The lowest BCUT2D eigenvalue weighted by Crippen LogP contribution is -3.09. The van der Waals surface area contributed by atoms with E-state index in [-0.39, 0.29) is 12.4 Å². The fraction of sp³-hybridized carbons (Fsp3) is 1.00. The highest BCUT2D eigenvalue weighted by molar-refractivity contribution is 4.49. The van der Waals surface area contributed by atoms with Gasteiger partial charge >= 0.3 is 0 Å². The van der Waals surface area contributed by atoms with E-state index in [0.29, 0.717) is 0 Å². The number of halogens is 1. The van der Waals surface area contributed by atoms with Crippen LogP contribution in [-0.2, 0) is 0 Å². The van der Waals surface area contributed by atoms with Crippen molar-refractivity contribution >= 4 is 0 Å². The lowest BCUT2D eigenvalue weighted by molar-refractivity contribution is -0.880. The van der Waals surface area contributed by atoms with E-state index in [1.54, 1.807) is 4.90 Å². The van der Waals surface area contributed by atoms with E-state index in [1.807, 2.05) is 0 Å². The minimum absolute atomic E-state index is 0. The van der Waals surface area contributed by atoms with Crippen molar-refractivity contribution in [2.45, 2.75) is 129 Å². The van der Waals surface area contributed by atoms with Crippen LogP contribution in [0.25, 0.3) is 0 Å². The summed E-state index contributed by atoms with van der Waals surface area (Å²) >= 11 is 0. The van der Waals surface area contributed by atoms with E-state index in [0.717, 1.165) is 0 Å². The number of rotatable bonds is 20. The molecule has 2 heteroatoms. The lowest BCUT2D eigenvalue weighted by atomic mass is 10.0. The van der Waals surface area contributed by atoms with Crippen LogP contribution in [0, 0.1) is 0 Å². The first-order chi connectivity index (χ1) is 11.8. The Morgan fingerprint density at radius 1 is 0.400 bits per heavy atom. The Morgan fingerprint density at radius 2 is 0.680 bits per heavy atom. The van der Waals surface area contributed by atoms with Crippen molar-refractivity contribution in [3.8, 4) is 0 Å². The van der Waals surface area contributed by atoms with Gasteiger partial charge < -0.3 is 17.3 Å². The molecule has 0 fully saturated rings. The van der Waals surface area contributed by atoms with Crippen LogP contribution < -0.4 is 17.3 Å². The van der Waals surface area contributed by atoms with E-state index in [4.69, 9.17) is 0 Å². The molecule has 1 atom stereocenters. The third-order valence-electron chi connectivity index (χ3n) is 5.41. The zero-order valence-electron chi connectivity index (χ0n) is 18.0. The molecule has 0 heterocycles. The molecule has 0 aliphatic carbocycles. The first-order valence-electron chi connectivity index (χ1n) is 11.6. The fourth-order valence-corrected chi connectivity index (χ4v) is 3.58. The maximum atomic E-state index is 2.36. The first-order valence-corrected chi connectivity index (χ1v) is 11.6. The molecule has 1 N–H and O–H groups in total. The van der Waals surface area contributed by atoms with Gasteiger partial charge in [-0.2, -0.15) is 0 Å². The number of hydrogen-bond acceptors (Lipinski definition) is 0. The molecule has 0 radical (unpaired) electrons. The fourth-order valence-electron chi connectivity index (χ4n) is 3.58. The molecule has 0 aromatic rings. The molecular formula is C23H50ClN. The average Bonchev–Trinajstić information content (AvgIpc) is 2.59. The van der Waals surface area contributed by atoms with E-state index < -0.39 is 0 Å². The molecule has 0 aliphatic rings. The summed E-state index contributed by atoms with van der Waals surface area (Å²) in [4.78, 5) is 1.74. The molecule has 1 unspecified atom stereocenters. The molecule has 0 amide bonds. The van der Waals surface area contributed by atoms with Gasteiger partial charge in [-0.25, -0.2) is 0 Å². The monoisotopic (exact) mass is 375 g/mol. The van der Waals surface area contributed by atoms with Crippen molar-refractivity contribution in [1.29, 1.82) is 0 Å². The third kappa shape index (κ3) is 24.2. The van der Waals surface area contributed by atoms with Crippen LogP contribution in [0.3, 0.4) is 0 Å².